The van der Waals surface area contributed by atoms with Gasteiger partial charge in [0.25, 0.3) is 0 Å². The Kier molecular flexibility index (Phi) is 4.57. The molecule has 1 saturated heterocycles. The quantitative estimate of drug-likeness (QED) is 0.273. The molecule has 0 radical (unpaired) electrons. The summed E-state index contributed by atoms with van der Waals surface area (Å²) in [5.74, 6) is 0. The van der Waals surface area contributed by atoms with E-state index in [1.807, 2.05) is 0 Å². The summed E-state index contributed by atoms with van der Waals surface area (Å²) in [5, 5.41) is 12.2. The minimum atomic E-state index is 0.317. The molecule has 1 fully saturated rings. The first-order valence-electron chi connectivity index (χ1n) is 9.86. The summed E-state index contributed by atoms with van der Waals surface area (Å²) in [7, 11) is 0. The van der Waals surface area contributed by atoms with Gasteiger partial charge in [-0.3, -0.25) is 0 Å². The SMILES string of the molecule is c1ccc2cc(NCCCNc3ccc4cc(C5NN5)ccc4c3)ccc2c1. The highest BCUT2D eigenvalue weighted by atomic mass is 15.6. The topological polar surface area (TPSA) is 67.9 Å². The van der Waals surface area contributed by atoms with E-state index in [2.05, 4.69) is 100 Å². The van der Waals surface area contributed by atoms with E-state index < -0.39 is 0 Å². The third-order valence-electron chi connectivity index (χ3n) is 5.25. The van der Waals surface area contributed by atoms with Crippen LogP contribution < -0.4 is 21.5 Å². The zero-order valence-electron chi connectivity index (χ0n) is 15.7. The van der Waals surface area contributed by atoms with Gasteiger partial charge in [0, 0.05) is 24.5 Å². The van der Waals surface area contributed by atoms with Gasteiger partial charge in [0.1, 0.15) is 6.17 Å². The van der Waals surface area contributed by atoms with E-state index in [9.17, 15) is 0 Å². The summed E-state index contributed by atoms with van der Waals surface area (Å²) in [4.78, 5) is 0. The van der Waals surface area contributed by atoms with Crippen LogP contribution in [0.4, 0.5) is 11.4 Å². The summed E-state index contributed by atoms with van der Waals surface area (Å²) >= 11 is 0. The van der Waals surface area contributed by atoms with Crippen molar-refractivity contribution in [3.63, 3.8) is 0 Å². The van der Waals surface area contributed by atoms with Gasteiger partial charge in [0.05, 0.1) is 0 Å². The maximum atomic E-state index is 3.54. The molecule has 4 heteroatoms. The number of nitrogens with one attached hydrogen (secondary N) is 4. The van der Waals surface area contributed by atoms with E-state index in [0.717, 1.165) is 19.5 Å². The summed E-state index contributed by atoms with van der Waals surface area (Å²) in [6.45, 7) is 1.89. The van der Waals surface area contributed by atoms with Gasteiger partial charge in [-0.05, 0) is 63.9 Å². The molecule has 0 spiro atoms. The maximum absolute atomic E-state index is 3.54. The predicted molar refractivity (Wildman–Crippen MR) is 119 cm³/mol. The van der Waals surface area contributed by atoms with E-state index >= 15 is 0 Å². The van der Waals surface area contributed by atoms with Crippen molar-refractivity contribution in [2.24, 2.45) is 0 Å². The van der Waals surface area contributed by atoms with Crippen molar-refractivity contribution in [1.29, 1.82) is 0 Å². The predicted octanol–water partition coefficient (Wildman–Crippen LogP) is 5.01. The van der Waals surface area contributed by atoms with Crippen LogP contribution in [0.3, 0.4) is 0 Å². The molecule has 0 unspecified atom stereocenters. The second-order valence-electron chi connectivity index (χ2n) is 7.31. The Morgan fingerprint density at radius 3 is 1.89 bits per heavy atom. The molecule has 4 N–H and O–H groups in total. The van der Waals surface area contributed by atoms with Crippen LogP contribution in [-0.4, -0.2) is 13.1 Å². The summed E-state index contributed by atoms with van der Waals surface area (Å²) in [6.07, 6.45) is 1.38. The van der Waals surface area contributed by atoms with Crippen LogP contribution in [0.1, 0.15) is 18.2 Å². The van der Waals surface area contributed by atoms with Gasteiger partial charge in [-0.1, -0.05) is 48.5 Å². The number of fused-ring (bicyclic) bond motifs is 2. The molecule has 0 atom stereocenters. The molecule has 4 aromatic rings. The molecular formula is C24H24N4. The van der Waals surface area contributed by atoms with Gasteiger partial charge < -0.3 is 10.6 Å². The molecule has 1 aliphatic heterocycles. The van der Waals surface area contributed by atoms with Gasteiger partial charge >= 0.3 is 0 Å². The first kappa shape index (κ1) is 17.0. The van der Waals surface area contributed by atoms with Gasteiger partial charge in [-0.15, -0.1) is 0 Å². The third-order valence-corrected chi connectivity index (χ3v) is 5.25. The summed E-state index contributed by atoms with van der Waals surface area (Å²) < 4.78 is 0. The molecule has 140 valence electrons. The number of hydrogen-bond donors (Lipinski definition) is 4. The van der Waals surface area contributed by atoms with Gasteiger partial charge in [0.2, 0.25) is 0 Å². The van der Waals surface area contributed by atoms with E-state index in [0.29, 0.717) is 6.17 Å². The smallest absolute Gasteiger partial charge is 0.109 e. The Bertz CT molecular complexity index is 1120. The lowest BCUT2D eigenvalue weighted by molar-refractivity contribution is 0.910. The van der Waals surface area contributed by atoms with Crippen molar-refractivity contribution >= 4 is 32.9 Å². The molecule has 1 heterocycles. The Morgan fingerprint density at radius 2 is 1.18 bits per heavy atom. The first-order valence-corrected chi connectivity index (χ1v) is 9.86. The molecule has 0 amide bonds. The molecule has 28 heavy (non-hydrogen) atoms. The number of hydrazine groups is 1. The molecule has 1 aliphatic rings. The zero-order valence-corrected chi connectivity index (χ0v) is 15.7. The van der Waals surface area contributed by atoms with Crippen molar-refractivity contribution in [2.45, 2.75) is 12.6 Å². The highest BCUT2D eigenvalue weighted by molar-refractivity contribution is 5.87. The minimum absolute atomic E-state index is 0.317. The van der Waals surface area contributed by atoms with Crippen LogP contribution in [0.25, 0.3) is 21.5 Å². The van der Waals surface area contributed by atoms with E-state index in [1.165, 1.54) is 38.5 Å². The van der Waals surface area contributed by atoms with Crippen molar-refractivity contribution in [3.05, 3.63) is 84.4 Å². The normalized spacial score (nSPS) is 13.7. The van der Waals surface area contributed by atoms with Crippen LogP contribution in [-0.2, 0) is 0 Å². The largest absolute Gasteiger partial charge is 0.385 e. The molecule has 0 bridgehead atoms. The molecule has 0 aromatic heterocycles. The second kappa shape index (κ2) is 7.50. The average molecular weight is 368 g/mol. The van der Waals surface area contributed by atoms with Gasteiger partial charge in [0.15, 0.2) is 0 Å². The van der Waals surface area contributed by atoms with E-state index in [-0.39, 0.29) is 0 Å². The minimum Gasteiger partial charge on any atom is -0.385 e. The van der Waals surface area contributed by atoms with Crippen molar-refractivity contribution in [2.75, 3.05) is 23.7 Å². The molecule has 0 aliphatic carbocycles. The number of hydrogen-bond acceptors (Lipinski definition) is 4. The average Bonchev–Trinajstić information content (AvgIpc) is 3.58. The van der Waals surface area contributed by atoms with E-state index in [1.54, 1.807) is 0 Å². The fraction of sp³-hybridized carbons (Fsp3) is 0.167. The molecule has 4 aromatic carbocycles. The lowest BCUT2D eigenvalue weighted by atomic mass is 10.1. The standard InChI is InChI=1S/C24H24N4/c1-2-5-18-15-22(10-8-17(18)4-1)25-12-3-13-26-23-11-9-19-14-21(24-27-28-24)7-6-20(19)16-23/h1-2,4-11,14-16,24-28H,3,12-13H2. The van der Waals surface area contributed by atoms with Gasteiger partial charge in [-0.25, -0.2) is 10.9 Å². The fourth-order valence-electron chi connectivity index (χ4n) is 3.62. The number of anilines is 2. The highest BCUT2D eigenvalue weighted by Crippen LogP contribution is 2.25. The molecular weight excluding hydrogens is 344 g/mol. The molecule has 4 nitrogen and oxygen atoms in total. The number of benzene rings is 4. The number of rotatable bonds is 7. The van der Waals surface area contributed by atoms with Crippen LogP contribution >= 0.6 is 0 Å². The van der Waals surface area contributed by atoms with Crippen LogP contribution in [0, 0.1) is 0 Å². The van der Waals surface area contributed by atoms with Gasteiger partial charge in [-0.2, -0.15) is 0 Å². The monoisotopic (exact) mass is 368 g/mol. The lowest BCUT2D eigenvalue weighted by Gasteiger charge is -2.10. The van der Waals surface area contributed by atoms with Crippen molar-refractivity contribution in [1.82, 2.24) is 10.9 Å². The Balaban J connectivity index is 1.13. The lowest BCUT2D eigenvalue weighted by Crippen LogP contribution is -2.09. The third kappa shape index (κ3) is 3.79. The van der Waals surface area contributed by atoms with Crippen LogP contribution in [0.5, 0.6) is 0 Å². The Morgan fingerprint density at radius 1 is 0.607 bits per heavy atom. The zero-order chi connectivity index (χ0) is 18.8. The Hall–Kier alpha value is -3.08. The molecule has 5 rings (SSSR count). The van der Waals surface area contributed by atoms with Crippen LogP contribution in [0.15, 0.2) is 78.9 Å². The fourth-order valence-corrected chi connectivity index (χ4v) is 3.62. The highest BCUT2D eigenvalue weighted by Gasteiger charge is 2.20. The Labute approximate surface area is 164 Å². The maximum Gasteiger partial charge on any atom is 0.109 e. The summed E-state index contributed by atoms with van der Waals surface area (Å²) in [6, 6.07) is 28.2. The van der Waals surface area contributed by atoms with Crippen LogP contribution in [0.2, 0.25) is 0 Å². The van der Waals surface area contributed by atoms with Crippen molar-refractivity contribution in [3.8, 4) is 0 Å². The van der Waals surface area contributed by atoms with E-state index in [4.69, 9.17) is 0 Å². The summed E-state index contributed by atoms with van der Waals surface area (Å²) in [5.41, 5.74) is 9.88. The molecule has 0 saturated carbocycles. The second-order valence-corrected chi connectivity index (χ2v) is 7.31. The first-order chi connectivity index (χ1) is 13.8. The van der Waals surface area contributed by atoms with Crippen molar-refractivity contribution < 1.29 is 0 Å².